The molecule has 4 N–H and O–H groups in total. The summed E-state index contributed by atoms with van der Waals surface area (Å²) in [6, 6.07) is 0. The van der Waals surface area contributed by atoms with Crippen LogP contribution in [-0.4, -0.2) is 82.2 Å². The summed E-state index contributed by atoms with van der Waals surface area (Å²) in [7, 11) is 0. The Labute approximate surface area is 208 Å². The second-order valence-corrected chi connectivity index (χ2v) is 10.2. The molecule has 2 fully saturated rings. The Balaban J connectivity index is 1.62. The van der Waals surface area contributed by atoms with Gasteiger partial charge in [0.1, 0.15) is 6.10 Å². The number of carboxylic acid groups (broad SMARTS) is 1. The molecule has 2 unspecified atom stereocenters. The molecule has 0 amide bonds. The molecule has 2 saturated heterocycles. The van der Waals surface area contributed by atoms with Crippen molar-refractivity contribution in [3.8, 4) is 0 Å². The maximum atomic E-state index is 12.1. The SMILES string of the molecule is C/C(=C\C(=O)OCCCCCCCCC(=O)O)CC1OC[C@H](C[C@@H]2O[C@H]2[C@@H](C)[C@H](C)O)C(O)[C@H]1O. The van der Waals surface area contributed by atoms with Crippen molar-refractivity contribution in [1.82, 2.24) is 0 Å². The van der Waals surface area contributed by atoms with Crippen LogP contribution in [0.5, 0.6) is 0 Å². The van der Waals surface area contributed by atoms with E-state index in [4.69, 9.17) is 19.3 Å². The Bertz CT molecular complexity index is 692. The monoisotopic (exact) mass is 500 g/mol. The number of esters is 1. The minimum Gasteiger partial charge on any atom is -0.481 e. The van der Waals surface area contributed by atoms with Crippen molar-refractivity contribution in [1.29, 1.82) is 0 Å². The van der Waals surface area contributed by atoms with Crippen LogP contribution in [0.1, 0.15) is 78.6 Å². The molecule has 0 spiro atoms. The van der Waals surface area contributed by atoms with Gasteiger partial charge < -0.3 is 34.6 Å². The molecule has 35 heavy (non-hydrogen) atoms. The van der Waals surface area contributed by atoms with Gasteiger partial charge in [0.25, 0.3) is 0 Å². The van der Waals surface area contributed by atoms with Crippen molar-refractivity contribution in [3.05, 3.63) is 11.6 Å². The number of epoxide rings is 1. The number of aliphatic hydroxyl groups excluding tert-OH is 3. The van der Waals surface area contributed by atoms with Gasteiger partial charge in [-0.15, -0.1) is 0 Å². The Morgan fingerprint density at radius 2 is 1.69 bits per heavy atom. The highest BCUT2D eigenvalue weighted by atomic mass is 16.6. The van der Waals surface area contributed by atoms with Crippen molar-refractivity contribution < 1.29 is 44.2 Å². The average Bonchev–Trinajstić information content (AvgIpc) is 3.55. The summed E-state index contributed by atoms with van der Waals surface area (Å²) < 4.78 is 16.7. The summed E-state index contributed by atoms with van der Waals surface area (Å²) in [6.07, 6.45) is 4.61. The van der Waals surface area contributed by atoms with Gasteiger partial charge in [0.15, 0.2) is 0 Å². The number of aliphatic carboxylic acids is 1. The first-order valence-corrected chi connectivity index (χ1v) is 13.0. The first-order chi connectivity index (χ1) is 16.6. The number of ether oxygens (including phenoxy) is 3. The summed E-state index contributed by atoms with van der Waals surface area (Å²) >= 11 is 0. The van der Waals surface area contributed by atoms with Gasteiger partial charge in [-0.05, 0) is 39.5 Å². The van der Waals surface area contributed by atoms with E-state index in [1.165, 1.54) is 6.08 Å². The molecule has 0 aromatic heterocycles. The third-order valence-corrected chi connectivity index (χ3v) is 7.09. The van der Waals surface area contributed by atoms with E-state index >= 15 is 0 Å². The van der Waals surface area contributed by atoms with Gasteiger partial charge >= 0.3 is 11.9 Å². The zero-order chi connectivity index (χ0) is 26.0. The van der Waals surface area contributed by atoms with Crippen molar-refractivity contribution in [2.75, 3.05) is 13.2 Å². The molecule has 2 aliphatic rings. The topological polar surface area (TPSA) is 146 Å². The van der Waals surface area contributed by atoms with Crippen LogP contribution in [0.2, 0.25) is 0 Å². The van der Waals surface area contributed by atoms with E-state index in [9.17, 15) is 24.9 Å². The number of hydrogen-bond acceptors (Lipinski definition) is 8. The number of unbranched alkanes of at least 4 members (excludes halogenated alkanes) is 5. The van der Waals surface area contributed by atoms with Crippen molar-refractivity contribution in [2.24, 2.45) is 11.8 Å². The maximum Gasteiger partial charge on any atom is 0.330 e. The van der Waals surface area contributed by atoms with Crippen LogP contribution in [0.3, 0.4) is 0 Å². The van der Waals surface area contributed by atoms with Crippen molar-refractivity contribution in [3.63, 3.8) is 0 Å². The fourth-order valence-corrected chi connectivity index (χ4v) is 4.59. The van der Waals surface area contributed by atoms with Crippen molar-refractivity contribution >= 4 is 11.9 Å². The summed E-state index contributed by atoms with van der Waals surface area (Å²) in [5.74, 6) is -1.42. The van der Waals surface area contributed by atoms with Crippen LogP contribution < -0.4 is 0 Å². The lowest BCUT2D eigenvalue weighted by molar-refractivity contribution is -0.165. The minimum atomic E-state index is -1.06. The largest absolute Gasteiger partial charge is 0.481 e. The highest BCUT2D eigenvalue weighted by molar-refractivity contribution is 5.82. The number of hydrogen-bond donors (Lipinski definition) is 4. The van der Waals surface area contributed by atoms with Gasteiger partial charge in [0, 0.05) is 24.3 Å². The smallest absolute Gasteiger partial charge is 0.330 e. The van der Waals surface area contributed by atoms with Crippen LogP contribution in [0, 0.1) is 11.8 Å². The van der Waals surface area contributed by atoms with E-state index < -0.39 is 36.4 Å². The average molecular weight is 501 g/mol. The van der Waals surface area contributed by atoms with E-state index in [2.05, 4.69) is 0 Å². The van der Waals surface area contributed by atoms with Crippen LogP contribution in [0.25, 0.3) is 0 Å². The molecular weight excluding hydrogens is 456 g/mol. The van der Waals surface area contributed by atoms with Crippen LogP contribution >= 0.6 is 0 Å². The van der Waals surface area contributed by atoms with Gasteiger partial charge in [0.05, 0.1) is 43.7 Å². The van der Waals surface area contributed by atoms with E-state index in [-0.39, 0.29) is 30.5 Å². The Kier molecular flexibility index (Phi) is 12.6. The molecule has 2 aliphatic heterocycles. The zero-order valence-corrected chi connectivity index (χ0v) is 21.3. The molecule has 0 bridgehead atoms. The molecule has 0 aromatic rings. The lowest BCUT2D eigenvalue weighted by Crippen LogP contribution is -2.50. The zero-order valence-electron chi connectivity index (χ0n) is 21.3. The molecule has 9 nitrogen and oxygen atoms in total. The molecule has 2 rings (SSSR count). The summed E-state index contributed by atoms with van der Waals surface area (Å²) in [6.45, 7) is 6.07. The van der Waals surface area contributed by atoms with Gasteiger partial charge in [-0.3, -0.25) is 4.79 Å². The quantitative estimate of drug-likeness (QED) is 0.109. The van der Waals surface area contributed by atoms with Crippen LogP contribution in [0.15, 0.2) is 11.6 Å². The first-order valence-electron chi connectivity index (χ1n) is 13.0. The predicted molar refractivity (Wildman–Crippen MR) is 129 cm³/mol. The molecule has 0 radical (unpaired) electrons. The van der Waals surface area contributed by atoms with E-state index in [1.807, 2.05) is 6.92 Å². The van der Waals surface area contributed by atoms with Crippen LogP contribution in [0.4, 0.5) is 0 Å². The summed E-state index contributed by atoms with van der Waals surface area (Å²) in [5.41, 5.74) is 0.708. The fraction of sp³-hybridized carbons (Fsp3) is 0.846. The highest BCUT2D eigenvalue weighted by Crippen LogP contribution is 2.38. The third kappa shape index (κ3) is 10.6. The van der Waals surface area contributed by atoms with Gasteiger partial charge in [-0.25, -0.2) is 4.79 Å². The number of carboxylic acids is 1. The highest BCUT2D eigenvalue weighted by Gasteiger charge is 2.48. The number of rotatable bonds is 16. The molecule has 202 valence electrons. The number of carbonyl (C=O) groups is 2. The van der Waals surface area contributed by atoms with Crippen molar-refractivity contribution in [2.45, 2.75) is 115 Å². The van der Waals surface area contributed by atoms with E-state index in [0.717, 1.165) is 32.1 Å². The van der Waals surface area contributed by atoms with Gasteiger partial charge in [-0.1, -0.05) is 38.2 Å². The lowest BCUT2D eigenvalue weighted by Gasteiger charge is -2.38. The molecule has 0 aliphatic carbocycles. The molecular formula is C26H44O9. The normalized spacial score (nSPS) is 30.5. The second-order valence-electron chi connectivity index (χ2n) is 10.2. The fourth-order valence-electron chi connectivity index (χ4n) is 4.59. The molecule has 2 heterocycles. The predicted octanol–water partition coefficient (Wildman–Crippen LogP) is 2.59. The Morgan fingerprint density at radius 1 is 1.03 bits per heavy atom. The molecule has 0 saturated carbocycles. The summed E-state index contributed by atoms with van der Waals surface area (Å²) in [4.78, 5) is 22.5. The summed E-state index contributed by atoms with van der Waals surface area (Å²) in [5, 5.41) is 39.5. The minimum absolute atomic E-state index is 0.0160. The number of aliphatic hydroxyl groups is 3. The number of carbonyl (C=O) groups excluding carboxylic acids is 1. The standard InChI is InChI=1S/C26H44O9/c1-16(13-23(30)33-11-9-7-5-4-6-8-10-22(28)29)12-20-25(32)24(31)19(15-34-20)14-21-26(35-21)17(2)18(3)27/h13,17-21,24-27,31-32H,4-12,14-15H2,1-3H3,(H,28,29)/b16-13+/t17-,18-,19-,20?,21-,24?,25-,26-/m0/s1. The van der Waals surface area contributed by atoms with Gasteiger partial charge in [0.2, 0.25) is 0 Å². The maximum absolute atomic E-state index is 12.1. The molecule has 8 atom stereocenters. The van der Waals surface area contributed by atoms with Gasteiger partial charge in [-0.2, -0.15) is 0 Å². The van der Waals surface area contributed by atoms with Crippen LogP contribution in [-0.2, 0) is 23.8 Å². The van der Waals surface area contributed by atoms with E-state index in [0.29, 0.717) is 38.0 Å². The lowest BCUT2D eigenvalue weighted by atomic mass is 9.85. The van der Waals surface area contributed by atoms with E-state index in [1.54, 1.807) is 13.8 Å². The third-order valence-electron chi connectivity index (χ3n) is 7.09. The molecule has 0 aromatic carbocycles. The molecule has 9 heteroatoms. The Morgan fingerprint density at radius 3 is 2.34 bits per heavy atom. The second kappa shape index (κ2) is 14.9. The Hall–Kier alpha value is -1.52. The first kappa shape index (κ1) is 29.7.